The van der Waals surface area contributed by atoms with Crippen molar-refractivity contribution >= 4 is 7.92 Å². The zero-order chi connectivity index (χ0) is 9.99. The Morgan fingerprint density at radius 2 is 1.25 bits per heavy atom. The average molecular weight is 190 g/mol. The summed E-state index contributed by atoms with van der Waals surface area (Å²) in [6.07, 6.45) is 0.919. The Morgan fingerprint density at radius 3 is 1.33 bits per heavy atom. The summed E-state index contributed by atoms with van der Waals surface area (Å²) in [5.74, 6) is 0. The summed E-state index contributed by atoms with van der Waals surface area (Å²) in [5, 5.41) is 0.785. The molecular formula is C10H23OP. The molecule has 12 heavy (non-hydrogen) atoms. The maximum atomic E-state index is 5.29. The highest BCUT2D eigenvalue weighted by atomic mass is 31.1. The van der Waals surface area contributed by atoms with E-state index in [0.29, 0.717) is 10.3 Å². The van der Waals surface area contributed by atoms with E-state index >= 15 is 0 Å². The maximum absolute atomic E-state index is 5.29. The van der Waals surface area contributed by atoms with Gasteiger partial charge in [-0.1, -0.05) is 49.5 Å². The number of rotatable bonds is 2. The van der Waals surface area contributed by atoms with Crippen LogP contribution in [0.4, 0.5) is 0 Å². The minimum absolute atomic E-state index is 0.0651. The second kappa shape index (κ2) is 4.07. The summed E-state index contributed by atoms with van der Waals surface area (Å²) in [4.78, 5) is 0. The van der Waals surface area contributed by atoms with Gasteiger partial charge in [-0.05, 0) is 10.3 Å². The minimum atomic E-state index is -0.0651. The van der Waals surface area contributed by atoms with Crippen molar-refractivity contribution < 1.29 is 4.74 Å². The molecule has 0 aliphatic rings. The predicted molar refractivity (Wildman–Crippen MR) is 58.3 cm³/mol. The molecule has 0 fully saturated rings. The maximum Gasteiger partial charge on any atom is 0.0665 e. The van der Waals surface area contributed by atoms with Crippen LogP contribution in [0.3, 0.4) is 0 Å². The van der Waals surface area contributed by atoms with Crippen molar-refractivity contribution in [1.29, 1.82) is 0 Å². The molecule has 0 rings (SSSR count). The highest BCUT2D eigenvalue weighted by Gasteiger charge is 2.33. The van der Waals surface area contributed by atoms with Gasteiger partial charge in [0.2, 0.25) is 0 Å². The van der Waals surface area contributed by atoms with E-state index in [1.54, 1.807) is 7.11 Å². The van der Waals surface area contributed by atoms with Crippen LogP contribution in [0.25, 0.3) is 0 Å². The Balaban J connectivity index is 4.45. The molecule has 0 saturated carbocycles. The Bertz CT molecular complexity index is 116. The first-order valence-electron chi connectivity index (χ1n) is 4.46. The number of methoxy groups -OCH3 is 1. The van der Waals surface area contributed by atoms with Gasteiger partial charge in [-0.3, -0.25) is 0 Å². The van der Waals surface area contributed by atoms with Gasteiger partial charge in [0.25, 0.3) is 0 Å². The fourth-order valence-electron chi connectivity index (χ4n) is 1.52. The molecule has 2 heteroatoms. The molecule has 0 aliphatic carbocycles. The summed E-state index contributed by atoms with van der Waals surface area (Å²) >= 11 is 0. The lowest BCUT2D eigenvalue weighted by Crippen LogP contribution is -2.26. The quantitative estimate of drug-likeness (QED) is 0.604. The van der Waals surface area contributed by atoms with Crippen molar-refractivity contribution in [2.24, 2.45) is 0 Å². The van der Waals surface area contributed by atoms with E-state index < -0.39 is 0 Å². The molecule has 0 aromatic heterocycles. The van der Waals surface area contributed by atoms with E-state index in [-0.39, 0.29) is 7.92 Å². The van der Waals surface area contributed by atoms with Crippen LogP contribution in [0.2, 0.25) is 0 Å². The Kier molecular flexibility index (Phi) is 4.20. The standard InChI is InChI=1S/C10H23OP/c1-9(2,3)12(8-11-7)10(4,5)6/h8H2,1-7H3. The van der Waals surface area contributed by atoms with Crippen molar-refractivity contribution in [2.75, 3.05) is 13.5 Å². The van der Waals surface area contributed by atoms with Crippen molar-refractivity contribution in [2.45, 2.75) is 51.9 Å². The van der Waals surface area contributed by atoms with Crippen LogP contribution >= 0.6 is 7.92 Å². The Hall–Kier alpha value is 0.390. The zero-order valence-corrected chi connectivity index (χ0v) is 10.5. The van der Waals surface area contributed by atoms with E-state index in [2.05, 4.69) is 41.5 Å². The van der Waals surface area contributed by atoms with E-state index in [9.17, 15) is 0 Å². The molecule has 74 valence electrons. The third-order valence-electron chi connectivity index (χ3n) is 1.88. The second-order valence-corrected chi connectivity index (χ2v) is 8.98. The molecular weight excluding hydrogens is 167 g/mol. The summed E-state index contributed by atoms with van der Waals surface area (Å²) in [7, 11) is 1.73. The van der Waals surface area contributed by atoms with Gasteiger partial charge in [-0.2, -0.15) is 0 Å². The Labute approximate surface area is 78.6 Å². The van der Waals surface area contributed by atoms with Gasteiger partial charge < -0.3 is 4.74 Å². The van der Waals surface area contributed by atoms with Gasteiger partial charge in [0, 0.05) is 7.11 Å². The van der Waals surface area contributed by atoms with Crippen LogP contribution in [-0.2, 0) is 4.74 Å². The third kappa shape index (κ3) is 3.87. The first kappa shape index (κ1) is 12.4. The normalized spacial score (nSPS) is 14.0. The molecule has 0 aromatic rings. The summed E-state index contributed by atoms with van der Waals surface area (Å²) in [5.41, 5.74) is 0. The highest BCUT2D eigenvalue weighted by molar-refractivity contribution is 7.60. The monoisotopic (exact) mass is 190 g/mol. The van der Waals surface area contributed by atoms with Crippen LogP contribution in [-0.4, -0.2) is 23.8 Å². The van der Waals surface area contributed by atoms with Gasteiger partial charge in [-0.15, -0.1) is 0 Å². The van der Waals surface area contributed by atoms with Crippen LogP contribution < -0.4 is 0 Å². The lowest BCUT2D eigenvalue weighted by molar-refractivity contribution is 0.251. The van der Waals surface area contributed by atoms with Gasteiger partial charge in [0.05, 0.1) is 6.35 Å². The number of hydrogen-bond donors (Lipinski definition) is 0. The van der Waals surface area contributed by atoms with Crippen molar-refractivity contribution in [3.63, 3.8) is 0 Å². The van der Waals surface area contributed by atoms with Gasteiger partial charge in [0.1, 0.15) is 0 Å². The van der Waals surface area contributed by atoms with Crippen LogP contribution in [0.5, 0.6) is 0 Å². The topological polar surface area (TPSA) is 9.23 Å². The molecule has 0 aliphatic heterocycles. The summed E-state index contributed by atoms with van der Waals surface area (Å²) in [6, 6.07) is 0. The molecule has 0 saturated heterocycles. The summed E-state index contributed by atoms with van der Waals surface area (Å²) in [6.45, 7) is 13.9. The van der Waals surface area contributed by atoms with E-state index in [1.165, 1.54) is 0 Å². The molecule has 0 spiro atoms. The molecule has 0 N–H and O–H groups in total. The molecule has 0 bridgehead atoms. The molecule has 0 radical (unpaired) electrons. The molecule has 0 heterocycles. The molecule has 0 atom stereocenters. The Morgan fingerprint density at radius 1 is 0.917 bits per heavy atom. The lowest BCUT2D eigenvalue weighted by atomic mass is 10.2. The largest absolute Gasteiger partial charge is 0.380 e. The second-order valence-electron chi connectivity index (χ2n) is 5.19. The van der Waals surface area contributed by atoms with Gasteiger partial charge in [0.15, 0.2) is 0 Å². The molecule has 0 amide bonds. The molecule has 0 unspecified atom stereocenters. The highest BCUT2D eigenvalue weighted by Crippen LogP contribution is 2.58. The fourth-order valence-corrected chi connectivity index (χ4v) is 4.57. The lowest BCUT2D eigenvalue weighted by Gasteiger charge is -2.40. The fraction of sp³-hybridized carbons (Fsp3) is 1.00. The van der Waals surface area contributed by atoms with Crippen molar-refractivity contribution in [3.8, 4) is 0 Å². The molecule has 1 nitrogen and oxygen atoms in total. The van der Waals surface area contributed by atoms with Crippen LogP contribution in [0.15, 0.2) is 0 Å². The average Bonchev–Trinajstić information content (AvgIpc) is 1.77. The van der Waals surface area contributed by atoms with E-state index in [1.807, 2.05) is 0 Å². The zero-order valence-electron chi connectivity index (χ0n) is 9.56. The van der Waals surface area contributed by atoms with Gasteiger partial charge >= 0.3 is 0 Å². The first-order valence-corrected chi connectivity index (χ1v) is 5.99. The van der Waals surface area contributed by atoms with Gasteiger partial charge in [-0.25, -0.2) is 0 Å². The van der Waals surface area contributed by atoms with E-state index in [4.69, 9.17) is 4.74 Å². The third-order valence-corrected chi connectivity index (χ3v) is 5.63. The van der Waals surface area contributed by atoms with Crippen LogP contribution in [0.1, 0.15) is 41.5 Å². The molecule has 0 aromatic carbocycles. The summed E-state index contributed by atoms with van der Waals surface area (Å²) < 4.78 is 5.29. The van der Waals surface area contributed by atoms with E-state index in [0.717, 1.165) is 6.35 Å². The minimum Gasteiger partial charge on any atom is -0.380 e. The van der Waals surface area contributed by atoms with Crippen molar-refractivity contribution in [3.05, 3.63) is 0 Å². The SMILES string of the molecule is COCP(C(C)(C)C)C(C)(C)C. The number of ether oxygens (including phenoxy) is 1. The smallest absolute Gasteiger partial charge is 0.0665 e. The first-order chi connectivity index (χ1) is 5.19. The predicted octanol–water partition coefficient (Wildman–Crippen LogP) is 3.67. The van der Waals surface area contributed by atoms with Crippen molar-refractivity contribution in [1.82, 2.24) is 0 Å². The van der Waals surface area contributed by atoms with Crippen LogP contribution in [0, 0.1) is 0 Å². The number of hydrogen-bond acceptors (Lipinski definition) is 1.